The van der Waals surface area contributed by atoms with Crippen LogP contribution in [-0.2, 0) is 4.79 Å². The number of carbonyl (C=O) groups excluding carboxylic acids is 1. The number of aromatic nitrogens is 1. The number of ether oxygens (including phenoxy) is 1. The van der Waals surface area contributed by atoms with Gasteiger partial charge in [0.15, 0.2) is 5.75 Å². The van der Waals surface area contributed by atoms with Gasteiger partial charge in [-0.05, 0) is 61.1 Å². The number of aliphatic hydroxyl groups is 1. The standard InChI is InChI=1S/C23H26ClF3N2O3/c1-12(15-10-28-17-4-3-16(24)20(19(15)17)32-23(25,26)27)5-18(30)29-13-6-21(2)7-14(29)9-22(31,8-13)11-21/h3-4,10,12-14,28,31H,5-9,11H2,1-2H3. The maximum atomic E-state index is 13.4. The normalized spacial score (nSPS) is 32.5. The number of alkyl halides is 3. The predicted molar refractivity (Wildman–Crippen MR) is 114 cm³/mol. The molecule has 4 aliphatic rings. The van der Waals surface area contributed by atoms with Gasteiger partial charge in [0.2, 0.25) is 5.91 Å². The summed E-state index contributed by atoms with van der Waals surface area (Å²) in [5.41, 5.74) is 0.416. The number of nitrogens with one attached hydrogen (secondary N) is 1. The number of hydrogen-bond acceptors (Lipinski definition) is 3. The second-order valence-electron chi connectivity index (χ2n) is 10.3. The van der Waals surface area contributed by atoms with Crippen LogP contribution in [-0.4, -0.2) is 44.9 Å². The molecule has 1 aromatic carbocycles. The van der Waals surface area contributed by atoms with Crippen LogP contribution >= 0.6 is 11.6 Å². The Morgan fingerprint density at radius 1 is 1.31 bits per heavy atom. The van der Waals surface area contributed by atoms with E-state index in [0.717, 1.165) is 19.3 Å². The van der Waals surface area contributed by atoms with Crippen molar-refractivity contribution in [1.82, 2.24) is 9.88 Å². The molecule has 3 unspecified atom stereocenters. The van der Waals surface area contributed by atoms with E-state index in [1.807, 2.05) is 11.8 Å². The number of hydrogen-bond donors (Lipinski definition) is 2. The highest BCUT2D eigenvalue weighted by atomic mass is 35.5. The van der Waals surface area contributed by atoms with Crippen molar-refractivity contribution in [2.75, 3.05) is 0 Å². The van der Waals surface area contributed by atoms with Crippen LogP contribution in [0, 0.1) is 5.41 Å². The predicted octanol–water partition coefficient (Wildman–Crippen LogP) is 5.51. The Hall–Kier alpha value is -1.93. The van der Waals surface area contributed by atoms with E-state index in [1.54, 1.807) is 12.3 Å². The maximum absolute atomic E-state index is 13.4. The Morgan fingerprint density at radius 3 is 2.56 bits per heavy atom. The molecule has 0 radical (unpaired) electrons. The van der Waals surface area contributed by atoms with Crippen LogP contribution in [0.5, 0.6) is 5.75 Å². The zero-order chi connectivity index (χ0) is 23.1. The Labute approximate surface area is 188 Å². The van der Waals surface area contributed by atoms with Gasteiger partial charge in [-0.1, -0.05) is 25.4 Å². The molecule has 2 aromatic rings. The lowest BCUT2D eigenvalue weighted by Crippen LogP contribution is -2.68. The molecule has 2 N–H and O–H groups in total. The molecule has 32 heavy (non-hydrogen) atoms. The van der Waals surface area contributed by atoms with Gasteiger partial charge in [-0.15, -0.1) is 13.2 Å². The molecule has 9 heteroatoms. The molecule has 0 spiro atoms. The lowest BCUT2D eigenvalue weighted by Gasteiger charge is -2.63. The van der Waals surface area contributed by atoms with E-state index in [4.69, 9.17) is 11.6 Å². The fraction of sp³-hybridized carbons (Fsp3) is 0.609. The van der Waals surface area contributed by atoms with E-state index in [0.29, 0.717) is 23.9 Å². The van der Waals surface area contributed by atoms with Crippen molar-refractivity contribution in [2.45, 2.75) is 82.3 Å². The molecule has 174 valence electrons. The Balaban J connectivity index is 1.41. The average molecular weight is 471 g/mol. The third-order valence-electron chi connectivity index (χ3n) is 7.53. The van der Waals surface area contributed by atoms with Crippen molar-refractivity contribution in [2.24, 2.45) is 5.41 Å². The molecule has 4 bridgehead atoms. The van der Waals surface area contributed by atoms with Gasteiger partial charge in [-0.2, -0.15) is 0 Å². The molecule has 6 rings (SSSR count). The zero-order valence-electron chi connectivity index (χ0n) is 17.9. The first-order chi connectivity index (χ1) is 14.9. The summed E-state index contributed by atoms with van der Waals surface area (Å²) < 4.78 is 43.2. The quantitative estimate of drug-likeness (QED) is 0.619. The zero-order valence-corrected chi connectivity index (χ0v) is 18.7. The van der Waals surface area contributed by atoms with Crippen molar-refractivity contribution in [1.29, 1.82) is 0 Å². The summed E-state index contributed by atoms with van der Waals surface area (Å²) in [5.74, 6) is -0.813. The van der Waals surface area contributed by atoms with Crippen LogP contribution in [0.2, 0.25) is 5.02 Å². The van der Waals surface area contributed by atoms with Crippen LogP contribution in [0.1, 0.15) is 63.9 Å². The van der Waals surface area contributed by atoms with Gasteiger partial charge in [0, 0.05) is 35.6 Å². The summed E-state index contributed by atoms with van der Waals surface area (Å²) in [4.78, 5) is 18.3. The molecule has 2 aliphatic heterocycles. The summed E-state index contributed by atoms with van der Waals surface area (Å²) in [6.07, 6.45) is 0.677. The third-order valence-corrected chi connectivity index (χ3v) is 7.83. The van der Waals surface area contributed by atoms with Crippen molar-refractivity contribution in [3.05, 3.63) is 28.9 Å². The topological polar surface area (TPSA) is 65.6 Å². The van der Waals surface area contributed by atoms with E-state index in [1.165, 1.54) is 6.07 Å². The fourth-order valence-electron chi connectivity index (χ4n) is 6.78. The number of benzene rings is 1. The van der Waals surface area contributed by atoms with E-state index in [2.05, 4.69) is 16.6 Å². The van der Waals surface area contributed by atoms with Crippen LogP contribution < -0.4 is 4.74 Å². The highest BCUT2D eigenvalue weighted by molar-refractivity contribution is 6.33. The third kappa shape index (κ3) is 3.65. The number of rotatable bonds is 4. The molecule has 1 amide bonds. The molecular formula is C23H26ClF3N2O3. The lowest BCUT2D eigenvalue weighted by atomic mass is 9.54. The SMILES string of the molecule is CC(CC(=O)N1C2CC3(C)CC1CC(O)(C2)C3)c1c[nH]c2ccc(Cl)c(OC(F)(F)F)c12. The number of nitrogens with zero attached hydrogens (tertiary/aromatic N) is 1. The highest BCUT2D eigenvalue weighted by Gasteiger charge is 2.59. The van der Waals surface area contributed by atoms with Gasteiger partial charge in [0.05, 0.1) is 10.6 Å². The summed E-state index contributed by atoms with van der Waals surface area (Å²) in [6, 6.07) is 2.99. The fourth-order valence-corrected chi connectivity index (χ4v) is 6.98. The molecule has 3 heterocycles. The summed E-state index contributed by atoms with van der Waals surface area (Å²) in [5, 5.41) is 11.0. The monoisotopic (exact) mass is 470 g/mol. The number of carbonyl (C=O) groups is 1. The molecule has 5 nitrogen and oxygen atoms in total. The second-order valence-corrected chi connectivity index (χ2v) is 10.7. The molecule has 1 aromatic heterocycles. The number of H-pyrrole nitrogens is 1. The molecular weight excluding hydrogens is 445 g/mol. The lowest BCUT2D eigenvalue weighted by molar-refractivity contribution is -0.274. The van der Waals surface area contributed by atoms with Crippen LogP contribution in [0.4, 0.5) is 13.2 Å². The number of halogens is 4. The van der Waals surface area contributed by atoms with Crippen molar-refractivity contribution in [3.8, 4) is 5.75 Å². The average Bonchev–Trinajstić information content (AvgIpc) is 3.05. The minimum absolute atomic E-state index is 0.0202. The summed E-state index contributed by atoms with van der Waals surface area (Å²) in [6.45, 7) is 4.02. The minimum Gasteiger partial charge on any atom is -0.403 e. The van der Waals surface area contributed by atoms with Crippen molar-refractivity contribution in [3.63, 3.8) is 0 Å². The van der Waals surface area contributed by atoms with E-state index >= 15 is 0 Å². The smallest absolute Gasteiger partial charge is 0.403 e. The summed E-state index contributed by atoms with van der Waals surface area (Å²) >= 11 is 6.04. The number of fused-ring (bicyclic) bond motifs is 1. The molecule has 2 saturated carbocycles. The van der Waals surface area contributed by atoms with Crippen molar-refractivity contribution >= 4 is 28.4 Å². The highest BCUT2D eigenvalue weighted by Crippen LogP contribution is 2.57. The summed E-state index contributed by atoms with van der Waals surface area (Å²) in [7, 11) is 0. The molecule has 3 atom stereocenters. The van der Waals surface area contributed by atoms with Crippen LogP contribution in [0.3, 0.4) is 0 Å². The van der Waals surface area contributed by atoms with Crippen LogP contribution in [0.15, 0.2) is 18.3 Å². The molecule has 2 aliphatic carbocycles. The van der Waals surface area contributed by atoms with Gasteiger partial charge in [0.25, 0.3) is 0 Å². The largest absolute Gasteiger partial charge is 0.573 e. The number of piperidine rings is 2. The first-order valence-corrected chi connectivity index (χ1v) is 11.3. The van der Waals surface area contributed by atoms with E-state index in [-0.39, 0.29) is 46.2 Å². The number of aromatic amines is 1. The van der Waals surface area contributed by atoms with Gasteiger partial charge in [-0.25, -0.2) is 0 Å². The van der Waals surface area contributed by atoms with Crippen molar-refractivity contribution < 1.29 is 27.8 Å². The van der Waals surface area contributed by atoms with Gasteiger partial charge in [-0.3, -0.25) is 4.79 Å². The van der Waals surface area contributed by atoms with Gasteiger partial charge < -0.3 is 19.7 Å². The minimum atomic E-state index is -4.88. The van der Waals surface area contributed by atoms with Gasteiger partial charge >= 0.3 is 6.36 Å². The van der Waals surface area contributed by atoms with E-state index < -0.39 is 17.7 Å². The first kappa shape index (κ1) is 21.9. The molecule has 2 saturated heterocycles. The first-order valence-electron chi connectivity index (χ1n) is 11.0. The Kier molecular flexibility index (Phi) is 4.81. The molecule has 4 fully saturated rings. The van der Waals surface area contributed by atoms with E-state index in [9.17, 15) is 23.1 Å². The number of amides is 1. The van der Waals surface area contributed by atoms with Gasteiger partial charge in [0.1, 0.15) is 0 Å². The van der Waals surface area contributed by atoms with Crippen LogP contribution in [0.25, 0.3) is 10.9 Å². The maximum Gasteiger partial charge on any atom is 0.573 e. The second kappa shape index (κ2) is 7.03. The Morgan fingerprint density at radius 2 is 1.97 bits per heavy atom. The Bertz CT molecular complexity index is 1050.